The van der Waals surface area contributed by atoms with Gasteiger partial charge in [-0.1, -0.05) is 42.7 Å². The lowest BCUT2D eigenvalue weighted by Gasteiger charge is -2.26. The molecule has 0 aliphatic carbocycles. The van der Waals surface area contributed by atoms with Gasteiger partial charge in [0.15, 0.2) is 0 Å². The van der Waals surface area contributed by atoms with Crippen molar-refractivity contribution in [2.24, 2.45) is 0 Å². The van der Waals surface area contributed by atoms with E-state index < -0.39 is 0 Å². The summed E-state index contributed by atoms with van der Waals surface area (Å²) in [5, 5.41) is 12.2. The molecular formula is C19H26N2O. The lowest BCUT2D eigenvalue weighted by atomic mass is 10.1. The van der Waals surface area contributed by atoms with Crippen molar-refractivity contribution in [2.45, 2.75) is 19.3 Å². The first-order valence-electron chi connectivity index (χ1n) is 8.03. The van der Waals surface area contributed by atoms with Crippen LogP contribution in [0.3, 0.4) is 0 Å². The topological polar surface area (TPSA) is 26.3 Å². The van der Waals surface area contributed by atoms with E-state index in [1.807, 2.05) is 44.4 Å². The van der Waals surface area contributed by atoms with Crippen LogP contribution in [0.25, 0.3) is 5.76 Å². The Morgan fingerprint density at radius 3 is 2.50 bits per heavy atom. The minimum atomic E-state index is 0.0587. The van der Waals surface area contributed by atoms with Crippen LogP contribution in [-0.2, 0) is 0 Å². The summed E-state index contributed by atoms with van der Waals surface area (Å²) in [6.45, 7) is 3.86. The van der Waals surface area contributed by atoms with E-state index in [1.165, 1.54) is 32.4 Å². The van der Waals surface area contributed by atoms with Gasteiger partial charge in [0.1, 0.15) is 6.54 Å². The van der Waals surface area contributed by atoms with Crippen LogP contribution in [0.5, 0.6) is 0 Å². The predicted octanol–water partition coefficient (Wildman–Crippen LogP) is 1.91. The third-order valence-corrected chi connectivity index (χ3v) is 3.89. The van der Waals surface area contributed by atoms with Crippen LogP contribution in [-0.4, -0.2) is 49.7 Å². The van der Waals surface area contributed by atoms with Gasteiger partial charge in [-0.15, -0.1) is 0 Å². The molecule has 0 bridgehead atoms. The summed E-state index contributed by atoms with van der Waals surface area (Å²) >= 11 is 0. The highest BCUT2D eigenvalue weighted by molar-refractivity contribution is 5.55. The zero-order valence-electron chi connectivity index (χ0n) is 13.7. The molecule has 0 amide bonds. The fourth-order valence-electron chi connectivity index (χ4n) is 2.58. The number of rotatable bonds is 4. The molecule has 1 saturated heterocycles. The molecule has 1 aromatic rings. The summed E-state index contributed by atoms with van der Waals surface area (Å²) in [7, 11) is 4.02. The predicted molar refractivity (Wildman–Crippen MR) is 89.5 cm³/mol. The van der Waals surface area contributed by atoms with Gasteiger partial charge in [-0.3, -0.25) is 9.38 Å². The SMILES string of the molecule is C[N+](C)(/C=C(\[O-])c1ccccc1)CC#CCN1CCCCC1. The van der Waals surface area contributed by atoms with E-state index in [-0.39, 0.29) is 5.76 Å². The fraction of sp³-hybridized carbons (Fsp3) is 0.474. The van der Waals surface area contributed by atoms with Crippen molar-refractivity contribution in [3.63, 3.8) is 0 Å². The second kappa shape index (κ2) is 8.03. The zero-order valence-corrected chi connectivity index (χ0v) is 13.7. The minimum absolute atomic E-state index is 0.0587. The highest BCUT2D eigenvalue weighted by Crippen LogP contribution is 2.11. The van der Waals surface area contributed by atoms with E-state index in [2.05, 4.69) is 16.7 Å². The Labute approximate surface area is 134 Å². The zero-order chi connectivity index (χ0) is 15.8. The van der Waals surface area contributed by atoms with Gasteiger partial charge in [-0.25, -0.2) is 0 Å². The minimum Gasteiger partial charge on any atom is -0.868 e. The summed E-state index contributed by atoms with van der Waals surface area (Å²) in [5.41, 5.74) is 0.731. The molecule has 0 radical (unpaired) electrons. The second-order valence-corrected chi connectivity index (χ2v) is 6.49. The monoisotopic (exact) mass is 298 g/mol. The van der Waals surface area contributed by atoms with Crippen molar-refractivity contribution in [3.8, 4) is 11.8 Å². The van der Waals surface area contributed by atoms with Gasteiger partial charge in [0, 0.05) is 0 Å². The van der Waals surface area contributed by atoms with Crippen molar-refractivity contribution in [3.05, 3.63) is 42.1 Å². The van der Waals surface area contributed by atoms with Gasteiger partial charge < -0.3 is 5.11 Å². The summed E-state index contributed by atoms with van der Waals surface area (Å²) < 4.78 is 0.487. The molecule has 2 rings (SSSR count). The van der Waals surface area contributed by atoms with Crippen LogP contribution in [0.4, 0.5) is 0 Å². The highest BCUT2D eigenvalue weighted by Gasteiger charge is 2.10. The van der Waals surface area contributed by atoms with Gasteiger partial charge in [0.2, 0.25) is 0 Å². The van der Waals surface area contributed by atoms with E-state index in [0.717, 1.165) is 12.1 Å². The van der Waals surface area contributed by atoms with E-state index in [9.17, 15) is 5.11 Å². The molecule has 1 aliphatic heterocycles. The van der Waals surface area contributed by atoms with Crippen LogP contribution in [0.2, 0.25) is 0 Å². The average Bonchev–Trinajstić information content (AvgIpc) is 2.53. The molecule has 0 N–H and O–H groups in total. The van der Waals surface area contributed by atoms with Crippen molar-refractivity contribution in [1.29, 1.82) is 0 Å². The Morgan fingerprint density at radius 2 is 1.82 bits per heavy atom. The van der Waals surface area contributed by atoms with Crippen LogP contribution in [0.15, 0.2) is 36.5 Å². The van der Waals surface area contributed by atoms with Gasteiger partial charge >= 0.3 is 0 Å². The molecular weight excluding hydrogens is 272 g/mol. The lowest BCUT2D eigenvalue weighted by molar-refractivity contribution is -0.831. The number of hydrogen-bond donors (Lipinski definition) is 0. The third-order valence-electron chi connectivity index (χ3n) is 3.89. The molecule has 1 heterocycles. The average molecular weight is 298 g/mol. The van der Waals surface area contributed by atoms with E-state index >= 15 is 0 Å². The molecule has 3 nitrogen and oxygen atoms in total. The number of piperidine rings is 1. The summed E-state index contributed by atoms with van der Waals surface area (Å²) in [6.07, 6.45) is 5.68. The maximum absolute atomic E-state index is 12.2. The Morgan fingerprint density at radius 1 is 1.14 bits per heavy atom. The number of hydrogen-bond acceptors (Lipinski definition) is 2. The van der Waals surface area contributed by atoms with E-state index in [1.54, 1.807) is 6.20 Å². The molecule has 0 aromatic heterocycles. The second-order valence-electron chi connectivity index (χ2n) is 6.49. The molecule has 1 aliphatic rings. The number of nitrogens with zero attached hydrogens (tertiary/aromatic N) is 2. The lowest BCUT2D eigenvalue weighted by Crippen LogP contribution is -2.35. The first-order chi connectivity index (χ1) is 10.6. The largest absolute Gasteiger partial charge is 0.868 e. The summed E-state index contributed by atoms with van der Waals surface area (Å²) in [5.74, 6) is 6.54. The fourth-order valence-corrected chi connectivity index (χ4v) is 2.58. The Balaban J connectivity index is 1.88. The maximum atomic E-state index is 12.2. The van der Waals surface area contributed by atoms with Gasteiger partial charge in [0.05, 0.1) is 26.8 Å². The van der Waals surface area contributed by atoms with Crippen molar-refractivity contribution in [2.75, 3.05) is 40.3 Å². The van der Waals surface area contributed by atoms with Crippen molar-refractivity contribution in [1.82, 2.24) is 4.90 Å². The molecule has 1 fully saturated rings. The molecule has 0 atom stereocenters. The molecule has 0 saturated carbocycles. The number of benzene rings is 1. The number of likely N-dealkylation sites (tertiary alicyclic amines) is 1. The molecule has 0 unspecified atom stereocenters. The molecule has 3 heteroatoms. The first-order valence-corrected chi connectivity index (χ1v) is 8.03. The quantitative estimate of drug-likeness (QED) is 0.482. The molecule has 22 heavy (non-hydrogen) atoms. The normalized spacial score (nSPS) is 16.9. The summed E-state index contributed by atoms with van der Waals surface area (Å²) in [6, 6.07) is 9.39. The Hall–Kier alpha value is -1.76. The van der Waals surface area contributed by atoms with E-state index in [4.69, 9.17) is 0 Å². The number of quaternary nitrogens is 1. The molecule has 0 spiro atoms. The first kappa shape index (κ1) is 16.6. The smallest absolute Gasteiger partial charge is 0.144 e. The standard InChI is InChI=1S/C19H26N2O/c1-21(2,17-19(22)18-11-5-3-6-12-18)16-10-9-15-20-13-7-4-8-14-20/h3,5-6,11-12,17H,4,7-8,13-16H2,1-2H3/b19-17-. The van der Waals surface area contributed by atoms with Crippen molar-refractivity contribution < 1.29 is 9.59 Å². The van der Waals surface area contributed by atoms with Gasteiger partial charge in [0.25, 0.3) is 0 Å². The maximum Gasteiger partial charge on any atom is 0.144 e. The van der Waals surface area contributed by atoms with Crippen LogP contribution < -0.4 is 5.11 Å². The molecule has 1 aromatic carbocycles. The third kappa shape index (κ3) is 5.55. The van der Waals surface area contributed by atoms with Gasteiger partial charge in [-0.05, 0) is 43.2 Å². The van der Waals surface area contributed by atoms with Crippen LogP contribution in [0, 0.1) is 11.8 Å². The highest BCUT2D eigenvalue weighted by atomic mass is 16.3. The van der Waals surface area contributed by atoms with Crippen LogP contribution >= 0.6 is 0 Å². The Kier molecular flexibility index (Phi) is 6.06. The van der Waals surface area contributed by atoms with Gasteiger partial charge in [-0.2, -0.15) is 0 Å². The molecule has 118 valence electrons. The van der Waals surface area contributed by atoms with Crippen molar-refractivity contribution >= 4 is 5.76 Å². The summed E-state index contributed by atoms with van der Waals surface area (Å²) in [4.78, 5) is 2.41. The van der Waals surface area contributed by atoms with E-state index in [0.29, 0.717) is 11.0 Å². The Bertz CT molecular complexity index is 546. The van der Waals surface area contributed by atoms with Crippen LogP contribution in [0.1, 0.15) is 24.8 Å².